The number of hydrogen-bond donors (Lipinski definition) is 0. The van der Waals surface area contributed by atoms with Crippen LogP contribution in [0.25, 0.3) is 20.4 Å². The first-order valence-electron chi connectivity index (χ1n) is 43.1. The average Bonchev–Trinajstić information content (AvgIpc) is 1.77. The topological polar surface area (TPSA) is 262 Å². The van der Waals surface area contributed by atoms with Crippen LogP contribution in [0.15, 0.2) is 169 Å². The molecule has 0 radical (unpaired) electrons. The molecule has 2 heterocycles. The van der Waals surface area contributed by atoms with Crippen LogP contribution in [0.2, 0.25) is 0 Å². The lowest BCUT2D eigenvalue weighted by Gasteiger charge is -2.27. The van der Waals surface area contributed by atoms with E-state index in [9.17, 15) is 24.0 Å². The highest BCUT2D eigenvalue weighted by Crippen LogP contribution is 2.38. The summed E-state index contributed by atoms with van der Waals surface area (Å²) in [5, 5.41) is 15.4. The van der Waals surface area contributed by atoms with Crippen molar-refractivity contribution in [3.05, 3.63) is 170 Å². The van der Waals surface area contributed by atoms with Gasteiger partial charge in [-0.3, -0.25) is 14.4 Å². The quantitative estimate of drug-likeness (QED) is 0.00652. The van der Waals surface area contributed by atoms with Gasteiger partial charge < -0.3 is 47.8 Å². The second-order valence-electron chi connectivity index (χ2n) is 30.9. The van der Waals surface area contributed by atoms with Crippen LogP contribution in [0.5, 0.6) is 46.0 Å². The smallest absolute Gasteiger partial charge is 0.330 e. The molecule has 3 aliphatic carbocycles. The van der Waals surface area contributed by atoms with Crippen LogP contribution in [0.1, 0.15) is 205 Å². The summed E-state index contributed by atoms with van der Waals surface area (Å²) < 4.78 is 42.3. The summed E-state index contributed by atoms with van der Waals surface area (Å²) >= 11 is 3.15. The normalized spacial score (nSPS) is 17.3. The van der Waals surface area contributed by atoms with Gasteiger partial charge in [-0.1, -0.05) is 112 Å². The third-order valence-corrected chi connectivity index (χ3v) is 23.8. The number of anilines is 2. The predicted octanol–water partition coefficient (Wildman–Crippen LogP) is 21.3. The summed E-state index contributed by atoms with van der Waals surface area (Å²) in [6.07, 6.45) is 29.3. The molecule has 8 aromatic rings. The summed E-state index contributed by atoms with van der Waals surface area (Å²) in [5.74, 6) is 1.77. The third-order valence-electron chi connectivity index (χ3n) is 21.7. The van der Waals surface area contributed by atoms with Crippen LogP contribution in [-0.2, 0) is 48.1 Å². The molecule has 0 spiro atoms. The van der Waals surface area contributed by atoms with Crippen LogP contribution in [-0.4, -0.2) is 112 Å². The van der Waals surface area contributed by atoms with E-state index >= 15 is 0 Å². The van der Waals surface area contributed by atoms with Gasteiger partial charge in [-0.2, -0.15) is 24.9 Å². The van der Waals surface area contributed by atoms with Crippen molar-refractivity contribution in [1.82, 2.24) is 9.97 Å². The molecule has 6 aromatic carbocycles. The minimum absolute atomic E-state index is 0.103. The molecule has 3 fully saturated rings. The predicted molar refractivity (Wildman–Crippen MR) is 466 cm³/mol. The fraction of sp³-hybridized carbons (Fsp3) is 0.479. The molecule has 0 N–H and O–H groups in total. The lowest BCUT2D eigenvalue weighted by Crippen LogP contribution is -2.27. The Bertz CT molecular complexity index is 4480. The van der Waals surface area contributed by atoms with Crippen molar-refractivity contribution in [1.29, 1.82) is 0 Å². The molecule has 0 bridgehead atoms. The zero-order chi connectivity index (χ0) is 83.7. The van der Waals surface area contributed by atoms with Crippen LogP contribution < -0.4 is 48.4 Å². The SMILES string of the molecule is C=CC(=O)OCCCCCCOc1ccc(OOCC2CCC(C(=O)Oc3ccc(OOCC4CCC(C(=O)Oc5ccc(OOCC6CCC(C(=O)Oc7ccc(OCCCCCCOC(=O)C=C)cc7)CC6)c(/C=N/N(CCCCCC)c6nc7ccccc7s6)c5)CC4)cc3/C=N/N(CCCCCC)c3nc4ccccc4s3)CC2)cc1. The number of para-hydroxylation sites is 2. The molecule has 2 aromatic heterocycles. The van der Waals surface area contributed by atoms with Crippen LogP contribution in [0.3, 0.4) is 0 Å². The molecule has 11 rings (SSSR count). The van der Waals surface area contributed by atoms with Gasteiger partial charge in [-0.25, -0.2) is 29.6 Å². The van der Waals surface area contributed by atoms with E-state index in [0.29, 0.717) is 155 Å². The third kappa shape index (κ3) is 30.2. The molecule has 0 aliphatic heterocycles. The zero-order valence-electron chi connectivity index (χ0n) is 69.4. The van der Waals surface area contributed by atoms with E-state index in [2.05, 4.69) is 39.1 Å². The van der Waals surface area contributed by atoms with Gasteiger partial charge >= 0.3 is 29.8 Å². The van der Waals surface area contributed by atoms with E-state index in [0.717, 1.165) is 165 Å². The fourth-order valence-electron chi connectivity index (χ4n) is 14.6. The Morgan fingerprint density at radius 3 is 1.24 bits per heavy atom. The summed E-state index contributed by atoms with van der Waals surface area (Å²) in [6.45, 7) is 15.3. The number of rotatable bonds is 52. The van der Waals surface area contributed by atoms with Crippen molar-refractivity contribution >= 4 is 95.6 Å². The monoisotopic (exact) mass is 1680 g/mol. The van der Waals surface area contributed by atoms with Gasteiger partial charge in [0.2, 0.25) is 10.3 Å². The van der Waals surface area contributed by atoms with Crippen molar-refractivity contribution in [2.45, 2.75) is 194 Å². The van der Waals surface area contributed by atoms with Crippen molar-refractivity contribution in [3.8, 4) is 46.0 Å². The fourth-order valence-corrected chi connectivity index (χ4v) is 16.5. The van der Waals surface area contributed by atoms with Crippen LogP contribution in [0, 0.1) is 35.5 Å². The Morgan fingerprint density at radius 1 is 0.400 bits per heavy atom. The van der Waals surface area contributed by atoms with Gasteiger partial charge in [0.25, 0.3) is 0 Å². The first-order valence-corrected chi connectivity index (χ1v) is 44.7. The van der Waals surface area contributed by atoms with E-state index in [1.165, 1.54) is 12.2 Å². The molecular formula is C94H116N6O18S2. The van der Waals surface area contributed by atoms with Crippen LogP contribution in [0.4, 0.5) is 10.3 Å². The van der Waals surface area contributed by atoms with Gasteiger partial charge in [0, 0.05) is 36.4 Å². The summed E-state index contributed by atoms with van der Waals surface area (Å²) in [6, 6.07) is 40.9. The first-order chi connectivity index (χ1) is 58.8. The number of carbonyl (C=O) groups excluding carboxylic acids is 5. The Labute approximate surface area is 712 Å². The Morgan fingerprint density at radius 2 is 0.775 bits per heavy atom. The number of hydrazone groups is 2. The number of nitrogens with zero attached hydrogens (tertiary/aromatic N) is 6. The van der Waals surface area contributed by atoms with E-state index in [4.69, 9.17) is 82.7 Å². The van der Waals surface area contributed by atoms with Crippen molar-refractivity contribution < 1.29 is 86.5 Å². The average molecular weight is 1680 g/mol. The number of benzene rings is 6. The lowest BCUT2D eigenvalue weighted by molar-refractivity contribution is -0.218. The number of unbranched alkanes of at least 4 members (excludes halogenated alkanes) is 12. The van der Waals surface area contributed by atoms with Gasteiger partial charge in [0.15, 0.2) is 17.2 Å². The number of fused-ring (bicyclic) bond motifs is 2. The summed E-state index contributed by atoms with van der Waals surface area (Å²) in [7, 11) is 0. The van der Waals surface area contributed by atoms with Crippen molar-refractivity contribution in [3.63, 3.8) is 0 Å². The summed E-state index contributed by atoms with van der Waals surface area (Å²) in [4.78, 5) is 110. The molecule has 642 valence electrons. The Hall–Kier alpha value is -10.3. The zero-order valence-corrected chi connectivity index (χ0v) is 71.0. The number of aromatic nitrogens is 2. The second kappa shape index (κ2) is 50.1. The summed E-state index contributed by atoms with van der Waals surface area (Å²) in [5.41, 5.74) is 2.86. The molecule has 0 unspecified atom stereocenters. The number of ether oxygens (including phenoxy) is 7. The first kappa shape index (κ1) is 90.5. The highest BCUT2D eigenvalue weighted by Gasteiger charge is 2.32. The maximum Gasteiger partial charge on any atom is 0.330 e. The van der Waals surface area contributed by atoms with E-state index in [1.807, 2.05) is 70.7 Å². The molecule has 0 amide bonds. The molecular weight excluding hydrogens is 1570 g/mol. The van der Waals surface area contributed by atoms with Crippen molar-refractivity contribution in [2.75, 3.05) is 69.4 Å². The highest BCUT2D eigenvalue weighted by molar-refractivity contribution is 7.22. The minimum Gasteiger partial charge on any atom is -0.494 e. The second-order valence-corrected chi connectivity index (χ2v) is 32.9. The largest absolute Gasteiger partial charge is 0.494 e. The lowest BCUT2D eigenvalue weighted by atomic mass is 9.82. The molecule has 120 heavy (non-hydrogen) atoms. The number of thiazole rings is 2. The Kier molecular flexibility index (Phi) is 37.8. The van der Waals surface area contributed by atoms with Crippen LogP contribution >= 0.6 is 22.7 Å². The molecule has 3 aliphatic rings. The number of esters is 5. The standard InChI is InChI=1S/C94H116N6O18S2/c1-5-9-11-21-55-99(93-97-82-27-17-19-29-86(82)119-93)95-63-74-62-81(52-53-84(74)115-92(105)73-41-35-68(36-42-73)65-110-116-79-49-45-77(46-50-79)107-58-24-14-16-26-60-109-89(102)8-4)117-111-66-69-31-39-72(40-32-69)91(104)114-80-51-54-85(75(61-80)64-96-100(56-22-12-10-6-2)94-98-83-28-18-20-30-87(83)120-94)118-112-67-70-33-37-71(38-34-70)90(103)113-78-47-43-76(44-48-78)106-57-23-13-15-25-59-108-88(101)7-3/h7-8,17-20,27-30,43-54,61-64,68-73H,3-6,9-16,21-26,31-42,55-60,65-67H2,1-2H3/b95-63+,96-64+. The molecule has 26 heteroatoms. The van der Waals surface area contributed by atoms with E-state index < -0.39 is 11.9 Å². The maximum atomic E-state index is 14.2. The van der Waals surface area contributed by atoms with Gasteiger partial charge in [-0.15, -0.1) is 0 Å². The van der Waals surface area contributed by atoms with E-state index in [-0.39, 0.29) is 60.0 Å². The molecule has 24 nitrogen and oxygen atoms in total. The minimum atomic E-state index is -0.405. The number of hydrogen-bond acceptors (Lipinski definition) is 26. The molecule has 0 saturated heterocycles. The van der Waals surface area contributed by atoms with Gasteiger partial charge in [-0.05, 0) is 268 Å². The van der Waals surface area contributed by atoms with Gasteiger partial charge in [0.05, 0.1) is 96.9 Å². The highest BCUT2D eigenvalue weighted by atomic mass is 32.1. The van der Waals surface area contributed by atoms with E-state index in [1.54, 1.807) is 95.8 Å². The van der Waals surface area contributed by atoms with Gasteiger partial charge in [0.1, 0.15) is 28.7 Å². The molecule has 0 atom stereocenters. The molecule has 3 saturated carbocycles. The maximum absolute atomic E-state index is 14.2. The number of carbonyl (C=O) groups is 5. The Balaban J connectivity index is 0.663. The van der Waals surface area contributed by atoms with Crippen molar-refractivity contribution in [2.24, 2.45) is 45.7 Å².